The number of rotatable bonds is 9. The number of aryl methyl sites for hydroxylation is 1. The van der Waals surface area contributed by atoms with Gasteiger partial charge in [-0.05, 0) is 25.5 Å². The lowest BCUT2D eigenvalue weighted by molar-refractivity contribution is -0.153. The van der Waals surface area contributed by atoms with Crippen molar-refractivity contribution in [3.05, 3.63) is 29.3 Å². The molecule has 0 aliphatic rings. The normalized spacial score (nSPS) is 11.7. The van der Waals surface area contributed by atoms with Gasteiger partial charge in [0.15, 0.2) is 12.6 Å². The Balaban J connectivity index is 0.00000784. The molecule has 0 saturated carbocycles. The second kappa shape index (κ2) is 13.5. The summed E-state index contributed by atoms with van der Waals surface area (Å²) in [6.07, 6.45) is -4.40. The molecule has 1 amide bonds. The highest BCUT2D eigenvalue weighted by molar-refractivity contribution is 14.0. The molecule has 3 N–H and O–H groups in total. The first kappa shape index (κ1) is 27.3. The van der Waals surface area contributed by atoms with E-state index in [9.17, 15) is 18.0 Å². The summed E-state index contributed by atoms with van der Waals surface area (Å²) >= 11 is 0. The SMILES string of the molecule is CCNC(=NCc1ccc(C)cc1OCC(F)(F)F)NCCNC(=O)C(C)C.I. The number of nitrogens with zero attached hydrogens (tertiary/aromatic N) is 1. The topological polar surface area (TPSA) is 74.8 Å². The molecule has 10 heteroatoms. The fourth-order valence-electron chi connectivity index (χ4n) is 2.16. The quantitative estimate of drug-likeness (QED) is 0.198. The zero-order valence-electron chi connectivity index (χ0n) is 17.2. The number of nitrogens with one attached hydrogen (secondary N) is 3. The first-order chi connectivity index (χ1) is 13.1. The summed E-state index contributed by atoms with van der Waals surface area (Å²) in [5, 5.41) is 8.92. The van der Waals surface area contributed by atoms with E-state index in [2.05, 4.69) is 20.9 Å². The summed E-state index contributed by atoms with van der Waals surface area (Å²) < 4.78 is 42.3. The second-order valence-electron chi connectivity index (χ2n) is 6.58. The van der Waals surface area contributed by atoms with Crippen molar-refractivity contribution in [2.24, 2.45) is 10.9 Å². The number of amides is 1. The lowest BCUT2D eigenvalue weighted by atomic mass is 10.1. The molecular weight excluding hydrogens is 500 g/mol. The maximum Gasteiger partial charge on any atom is 0.422 e. The van der Waals surface area contributed by atoms with Gasteiger partial charge in [0.1, 0.15) is 5.75 Å². The summed E-state index contributed by atoms with van der Waals surface area (Å²) in [4.78, 5) is 15.9. The average molecular weight is 530 g/mol. The van der Waals surface area contributed by atoms with Crippen molar-refractivity contribution < 1.29 is 22.7 Å². The fraction of sp³-hybridized carbons (Fsp3) is 0.579. The molecule has 0 unspecified atom stereocenters. The Kier molecular flexibility index (Phi) is 12.7. The van der Waals surface area contributed by atoms with Gasteiger partial charge in [-0.15, -0.1) is 24.0 Å². The molecule has 166 valence electrons. The molecule has 0 heterocycles. The maximum atomic E-state index is 12.5. The van der Waals surface area contributed by atoms with Crippen molar-refractivity contribution in [3.8, 4) is 5.75 Å². The van der Waals surface area contributed by atoms with E-state index in [1.54, 1.807) is 25.1 Å². The smallest absolute Gasteiger partial charge is 0.422 e. The average Bonchev–Trinajstić information content (AvgIpc) is 2.61. The molecule has 0 aromatic heterocycles. The van der Waals surface area contributed by atoms with E-state index in [0.29, 0.717) is 31.2 Å². The van der Waals surface area contributed by atoms with E-state index in [0.717, 1.165) is 5.56 Å². The summed E-state index contributed by atoms with van der Waals surface area (Å²) in [5.41, 5.74) is 1.36. The Morgan fingerprint density at radius 3 is 2.41 bits per heavy atom. The third kappa shape index (κ3) is 11.8. The van der Waals surface area contributed by atoms with Crippen LogP contribution >= 0.6 is 24.0 Å². The van der Waals surface area contributed by atoms with Crippen LogP contribution in [0, 0.1) is 12.8 Å². The highest BCUT2D eigenvalue weighted by Gasteiger charge is 2.28. The van der Waals surface area contributed by atoms with E-state index in [4.69, 9.17) is 4.74 Å². The number of hydrogen-bond donors (Lipinski definition) is 3. The van der Waals surface area contributed by atoms with Gasteiger partial charge in [-0.1, -0.05) is 26.0 Å². The number of carbonyl (C=O) groups is 1. The van der Waals surface area contributed by atoms with Gasteiger partial charge in [0.2, 0.25) is 5.91 Å². The van der Waals surface area contributed by atoms with Crippen LogP contribution in [0.1, 0.15) is 31.9 Å². The third-order valence-electron chi connectivity index (χ3n) is 3.61. The molecule has 0 aliphatic carbocycles. The molecule has 0 aliphatic heterocycles. The van der Waals surface area contributed by atoms with Gasteiger partial charge in [0.25, 0.3) is 0 Å². The molecule has 29 heavy (non-hydrogen) atoms. The molecule has 0 fully saturated rings. The van der Waals surface area contributed by atoms with Gasteiger partial charge in [-0.2, -0.15) is 13.2 Å². The minimum atomic E-state index is -4.40. The summed E-state index contributed by atoms with van der Waals surface area (Å²) in [5.74, 6) is 0.554. The molecule has 0 radical (unpaired) electrons. The van der Waals surface area contributed by atoms with Crippen LogP contribution in [0.3, 0.4) is 0 Å². The second-order valence-corrected chi connectivity index (χ2v) is 6.58. The zero-order valence-corrected chi connectivity index (χ0v) is 19.5. The van der Waals surface area contributed by atoms with E-state index < -0.39 is 12.8 Å². The largest absolute Gasteiger partial charge is 0.484 e. The van der Waals surface area contributed by atoms with Crippen LogP contribution in [0.15, 0.2) is 23.2 Å². The number of carbonyl (C=O) groups excluding carboxylic acids is 1. The minimum absolute atomic E-state index is 0. The molecule has 0 spiro atoms. The number of ether oxygens (including phenoxy) is 1. The molecule has 6 nitrogen and oxygen atoms in total. The summed E-state index contributed by atoms with van der Waals surface area (Å²) in [6, 6.07) is 5.07. The van der Waals surface area contributed by atoms with Gasteiger partial charge < -0.3 is 20.7 Å². The van der Waals surface area contributed by atoms with Gasteiger partial charge in [-0.25, -0.2) is 4.99 Å². The number of halogens is 4. The maximum absolute atomic E-state index is 12.5. The Morgan fingerprint density at radius 1 is 1.17 bits per heavy atom. The van der Waals surface area contributed by atoms with Crippen LogP contribution in [0.25, 0.3) is 0 Å². The summed E-state index contributed by atoms with van der Waals surface area (Å²) in [7, 11) is 0. The number of alkyl halides is 3. The van der Waals surface area contributed by atoms with Crippen LogP contribution < -0.4 is 20.7 Å². The van der Waals surface area contributed by atoms with E-state index >= 15 is 0 Å². The Bertz CT molecular complexity index is 667. The van der Waals surface area contributed by atoms with Crippen LogP contribution in [0.5, 0.6) is 5.75 Å². The highest BCUT2D eigenvalue weighted by Crippen LogP contribution is 2.24. The Morgan fingerprint density at radius 2 is 1.83 bits per heavy atom. The lowest BCUT2D eigenvalue weighted by Gasteiger charge is -2.15. The monoisotopic (exact) mass is 530 g/mol. The minimum Gasteiger partial charge on any atom is -0.484 e. The predicted molar refractivity (Wildman–Crippen MR) is 119 cm³/mol. The standard InChI is InChI=1S/C19H29F3N4O2.HI/c1-5-23-18(25-9-8-24-17(27)13(2)3)26-11-15-7-6-14(4)10-16(15)28-12-19(20,21)22;/h6-7,10,13H,5,8-9,11-12H2,1-4H3,(H,24,27)(H2,23,25,26);1H. The predicted octanol–water partition coefficient (Wildman–Crippen LogP) is 3.38. The molecule has 1 aromatic carbocycles. The van der Waals surface area contributed by atoms with Gasteiger partial charge in [0, 0.05) is 31.1 Å². The molecule has 0 bridgehead atoms. The van der Waals surface area contributed by atoms with Crippen LogP contribution in [0.2, 0.25) is 0 Å². The van der Waals surface area contributed by atoms with Gasteiger partial charge in [0.05, 0.1) is 6.54 Å². The molecule has 1 rings (SSSR count). The summed E-state index contributed by atoms with van der Waals surface area (Å²) in [6.45, 7) is 7.65. The first-order valence-electron chi connectivity index (χ1n) is 9.21. The fourth-order valence-corrected chi connectivity index (χ4v) is 2.16. The van der Waals surface area contributed by atoms with Crippen molar-refractivity contribution in [2.75, 3.05) is 26.2 Å². The number of guanidine groups is 1. The van der Waals surface area contributed by atoms with Crippen molar-refractivity contribution in [1.29, 1.82) is 0 Å². The third-order valence-corrected chi connectivity index (χ3v) is 3.61. The van der Waals surface area contributed by atoms with Crippen molar-refractivity contribution in [1.82, 2.24) is 16.0 Å². The number of aliphatic imine (C=N–C) groups is 1. The lowest BCUT2D eigenvalue weighted by Crippen LogP contribution is -2.42. The molecule has 1 aromatic rings. The Hall–Kier alpha value is -1.72. The van der Waals surface area contributed by atoms with Crippen molar-refractivity contribution in [3.63, 3.8) is 0 Å². The zero-order chi connectivity index (χ0) is 21.2. The van der Waals surface area contributed by atoms with E-state index in [1.165, 1.54) is 0 Å². The molecule has 0 saturated heterocycles. The van der Waals surface area contributed by atoms with Crippen LogP contribution in [0.4, 0.5) is 13.2 Å². The first-order valence-corrected chi connectivity index (χ1v) is 9.21. The van der Waals surface area contributed by atoms with Crippen molar-refractivity contribution >= 4 is 35.8 Å². The van der Waals surface area contributed by atoms with Crippen LogP contribution in [-0.4, -0.2) is 44.3 Å². The van der Waals surface area contributed by atoms with Crippen LogP contribution in [-0.2, 0) is 11.3 Å². The molecule has 0 atom stereocenters. The number of benzene rings is 1. The van der Waals surface area contributed by atoms with Gasteiger partial charge in [-0.3, -0.25) is 4.79 Å². The van der Waals surface area contributed by atoms with Crippen molar-refractivity contribution in [2.45, 2.75) is 40.4 Å². The molecular formula is C19H30F3IN4O2. The Labute approximate surface area is 187 Å². The van der Waals surface area contributed by atoms with E-state index in [-0.39, 0.29) is 48.1 Å². The van der Waals surface area contributed by atoms with E-state index in [1.807, 2.05) is 20.8 Å². The van der Waals surface area contributed by atoms with Gasteiger partial charge >= 0.3 is 6.18 Å². The highest BCUT2D eigenvalue weighted by atomic mass is 127. The number of hydrogen-bond acceptors (Lipinski definition) is 3.